The van der Waals surface area contributed by atoms with Gasteiger partial charge in [-0.15, -0.1) is 0 Å². The van der Waals surface area contributed by atoms with Gasteiger partial charge in [0.1, 0.15) is 29.2 Å². The van der Waals surface area contributed by atoms with E-state index in [4.69, 9.17) is 4.74 Å². The van der Waals surface area contributed by atoms with E-state index in [2.05, 4.69) is 5.32 Å². The number of anilines is 2. The predicted octanol–water partition coefficient (Wildman–Crippen LogP) is 4.63. The van der Waals surface area contributed by atoms with Crippen molar-refractivity contribution < 1.29 is 27.9 Å². The molecule has 3 aromatic carbocycles. The molecular formula is C29H21F2N3O5S2. The summed E-state index contributed by atoms with van der Waals surface area (Å²) in [5.74, 6) is -3.32. The van der Waals surface area contributed by atoms with Gasteiger partial charge < -0.3 is 10.1 Å². The molecule has 208 valence electrons. The highest BCUT2D eigenvalue weighted by Crippen LogP contribution is 2.53. The molecule has 1 fully saturated rings. The Kier molecular flexibility index (Phi) is 6.96. The number of carbonyl (C=O) groups is 3. The van der Waals surface area contributed by atoms with Gasteiger partial charge in [0.2, 0.25) is 17.7 Å². The maximum Gasteiger partial charge on any atom is 0.308 e. The third-order valence-electron chi connectivity index (χ3n) is 7.04. The van der Waals surface area contributed by atoms with Gasteiger partial charge in [0.15, 0.2) is 0 Å². The van der Waals surface area contributed by atoms with Gasteiger partial charge >= 0.3 is 4.87 Å². The third-order valence-corrected chi connectivity index (χ3v) is 9.64. The Bertz CT molecular complexity index is 1720. The molecule has 3 heterocycles. The summed E-state index contributed by atoms with van der Waals surface area (Å²) in [7, 11) is 1.51. The van der Waals surface area contributed by atoms with E-state index in [-0.39, 0.29) is 6.54 Å². The summed E-state index contributed by atoms with van der Waals surface area (Å²) in [6, 6.07) is 17.4. The number of methoxy groups -OCH3 is 1. The van der Waals surface area contributed by atoms with E-state index in [0.29, 0.717) is 32.6 Å². The fraction of sp³-hybridized carbons (Fsp3) is 0.172. The first-order chi connectivity index (χ1) is 19.7. The van der Waals surface area contributed by atoms with Crippen LogP contribution in [-0.4, -0.2) is 34.6 Å². The van der Waals surface area contributed by atoms with Gasteiger partial charge in [0.05, 0.1) is 23.7 Å². The van der Waals surface area contributed by atoms with Gasteiger partial charge in [-0.3, -0.25) is 23.7 Å². The molecule has 0 saturated carbocycles. The van der Waals surface area contributed by atoms with Crippen molar-refractivity contribution in [2.75, 3.05) is 17.3 Å². The van der Waals surface area contributed by atoms with Gasteiger partial charge in [0, 0.05) is 16.5 Å². The fourth-order valence-corrected chi connectivity index (χ4v) is 7.92. The summed E-state index contributed by atoms with van der Waals surface area (Å²) in [6.07, 6.45) is 0. The van der Waals surface area contributed by atoms with Crippen molar-refractivity contribution in [2.45, 2.75) is 22.7 Å². The number of imide groups is 1. The number of nitrogens with zero attached hydrogens (tertiary/aromatic N) is 2. The zero-order valence-electron chi connectivity index (χ0n) is 21.4. The van der Waals surface area contributed by atoms with Crippen LogP contribution in [0.15, 0.2) is 82.6 Å². The summed E-state index contributed by atoms with van der Waals surface area (Å²) in [6.45, 7) is -0.354. The molecule has 2 aliphatic rings. The monoisotopic (exact) mass is 593 g/mol. The quantitative estimate of drug-likeness (QED) is 0.328. The normalized spacial score (nSPS) is 19.6. The number of thiazole rings is 1. The summed E-state index contributed by atoms with van der Waals surface area (Å²) in [5.41, 5.74) is 1.31. The van der Waals surface area contributed by atoms with Gasteiger partial charge in [-0.05, 0) is 66.2 Å². The lowest BCUT2D eigenvalue weighted by Gasteiger charge is -2.30. The lowest BCUT2D eigenvalue weighted by atomic mass is 9.83. The molecule has 0 radical (unpaired) electrons. The number of benzene rings is 3. The number of hydrogen-bond acceptors (Lipinski definition) is 7. The molecule has 0 bridgehead atoms. The number of hydrogen-bond donors (Lipinski definition) is 1. The number of thioether (sulfide) groups is 1. The second kappa shape index (κ2) is 10.6. The van der Waals surface area contributed by atoms with Gasteiger partial charge in [0.25, 0.3) is 0 Å². The molecule has 3 atom stereocenters. The molecule has 1 saturated heterocycles. The van der Waals surface area contributed by atoms with E-state index >= 15 is 0 Å². The van der Waals surface area contributed by atoms with Crippen LogP contribution in [0.3, 0.4) is 0 Å². The average molecular weight is 594 g/mol. The van der Waals surface area contributed by atoms with Crippen molar-refractivity contribution in [3.8, 4) is 5.75 Å². The highest BCUT2D eigenvalue weighted by atomic mass is 32.2. The minimum Gasteiger partial charge on any atom is -0.497 e. The Labute approximate surface area is 240 Å². The topological polar surface area (TPSA) is 97.7 Å². The van der Waals surface area contributed by atoms with Crippen LogP contribution < -0.4 is 19.8 Å². The number of amides is 3. The predicted molar refractivity (Wildman–Crippen MR) is 150 cm³/mol. The summed E-state index contributed by atoms with van der Waals surface area (Å²) < 4.78 is 33.6. The number of rotatable bonds is 6. The number of ether oxygens (including phenoxy) is 1. The van der Waals surface area contributed by atoms with Crippen molar-refractivity contribution in [1.29, 1.82) is 0 Å². The van der Waals surface area contributed by atoms with Crippen LogP contribution in [0.2, 0.25) is 0 Å². The highest BCUT2D eigenvalue weighted by molar-refractivity contribution is 8.00. The van der Waals surface area contributed by atoms with Crippen molar-refractivity contribution in [1.82, 2.24) is 4.57 Å². The van der Waals surface area contributed by atoms with Crippen LogP contribution in [0.4, 0.5) is 20.2 Å². The average Bonchev–Trinajstić information content (AvgIpc) is 3.41. The lowest BCUT2D eigenvalue weighted by Crippen LogP contribution is -2.33. The second-order valence-corrected chi connectivity index (χ2v) is 11.6. The molecule has 12 heteroatoms. The molecule has 0 aliphatic carbocycles. The molecule has 6 rings (SSSR count). The molecule has 41 heavy (non-hydrogen) atoms. The Morgan fingerprint density at radius 3 is 2.17 bits per heavy atom. The summed E-state index contributed by atoms with van der Waals surface area (Å²) >= 11 is 1.97. The van der Waals surface area contributed by atoms with E-state index in [1.165, 1.54) is 48.1 Å². The molecule has 1 N–H and O–H groups in total. The number of nitrogens with one attached hydrogen (secondary N) is 1. The first-order valence-corrected chi connectivity index (χ1v) is 14.2. The van der Waals surface area contributed by atoms with E-state index < -0.39 is 51.3 Å². The van der Waals surface area contributed by atoms with Crippen molar-refractivity contribution >= 4 is 52.2 Å². The minimum atomic E-state index is -0.882. The Morgan fingerprint density at radius 2 is 1.54 bits per heavy atom. The summed E-state index contributed by atoms with van der Waals surface area (Å²) in [4.78, 5) is 54.9. The van der Waals surface area contributed by atoms with E-state index in [1.54, 1.807) is 36.4 Å². The van der Waals surface area contributed by atoms with Crippen LogP contribution >= 0.6 is 23.1 Å². The van der Waals surface area contributed by atoms with Gasteiger partial charge in [-0.1, -0.05) is 35.2 Å². The fourth-order valence-electron chi connectivity index (χ4n) is 5.15. The lowest BCUT2D eigenvalue weighted by molar-refractivity contribution is -0.122. The molecular weight excluding hydrogens is 572 g/mol. The van der Waals surface area contributed by atoms with Crippen molar-refractivity contribution in [3.05, 3.63) is 105 Å². The van der Waals surface area contributed by atoms with Crippen LogP contribution in [0.1, 0.15) is 16.4 Å². The van der Waals surface area contributed by atoms with Crippen molar-refractivity contribution in [3.63, 3.8) is 0 Å². The minimum absolute atomic E-state index is 0.354. The number of halogens is 2. The zero-order chi connectivity index (χ0) is 28.8. The molecule has 1 aromatic heterocycles. The van der Waals surface area contributed by atoms with Crippen LogP contribution in [-0.2, 0) is 20.9 Å². The van der Waals surface area contributed by atoms with Crippen LogP contribution in [0, 0.1) is 17.6 Å². The molecule has 4 aromatic rings. The van der Waals surface area contributed by atoms with Crippen LogP contribution in [0.25, 0.3) is 0 Å². The molecule has 2 aliphatic heterocycles. The van der Waals surface area contributed by atoms with Crippen molar-refractivity contribution in [2.24, 2.45) is 5.92 Å². The Morgan fingerprint density at radius 1 is 0.902 bits per heavy atom. The van der Waals surface area contributed by atoms with Crippen LogP contribution in [0.5, 0.6) is 5.75 Å². The number of aromatic nitrogens is 1. The third kappa shape index (κ3) is 4.82. The van der Waals surface area contributed by atoms with E-state index in [1.807, 2.05) is 0 Å². The number of fused-ring (bicyclic) bond motifs is 2. The Balaban J connectivity index is 1.39. The SMILES string of the molecule is COc1ccc(N2C(=O)[C@H]3[C@H](c4ccc(F)cc4)c4sc(=O)n(CC(=O)Nc5ccc(F)cc5)c4S[C@H]3C2=O)cc1. The van der Waals surface area contributed by atoms with Gasteiger partial charge in [-0.25, -0.2) is 13.7 Å². The number of carbonyl (C=O) groups excluding carboxylic acids is 3. The molecule has 8 nitrogen and oxygen atoms in total. The zero-order valence-corrected chi connectivity index (χ0v) is 23.0. The van der Waals surface area contributed by atoms with E-state index in [9.17, 15) is 28.0 Å². The smallest absolute Gasteiger partial charge is 0.308 e. The molecule has 3 amide bonds. The summed E-state index contributed by atoms with van der Waals surface area (Å²) in [5, 5.41) is 2.16. The second-order valence-electron chi connectivity index (χ2n) is 9.48. The van der Waals surface area contributed by atoms with E-state index in [0.717, 1.165) is 28.0 Å². The standard InChI is InChI=1S/C29H21F2N3O5S2/c1-39-20-12-10-19(11-13-20)34-26(36)23-22(15-2-4-16(30)5-3-15)25-28(40-24(23)27(34)37)33(29(38)41-25)14-21(35)32-18-8-6-17(31)7-9-18/h2-13,22-24H,14H2,1H3,(H,32,35)/t22-,23-,24+/m0/s1. The van der Waals surface area contributed by atoms with Gasteiger partial charge in [-0.2, -0.15) is 0 Å². The Hall–Kier alpha value is -4.29. The first kappa shape index (κ1) is 26.9. The molecule has 0 spiro atoms. The maximum atomic E-state index is 13.9. The molecule has 0 unspecified atom stereocenters. The maximum absolute atomic E-state index is 13.9. The largest absolute Gasteiger partial charge is 0.497 e. The first-order valence-electron chi connectivity index (χ1n) is 12.5. The highest BCUT2D eigenvalue weighted by Gasteiger charge is 2.56.